The van der Waals surface area contributed by atoms with Crippen LogP contribution in [0.2, 0.25) is 0 Å². The lowest BCUT2D eigenvalue weighted by atomic mass is 10.1. The maximum absolute atomic E-state index is 12.2. The fourth-order valence-corrected chi connectivity index (χ4v) is 3.30. The molecule has 1 atom stereocenters. The van der Waals surface area contributed by atoms with Crippen molar-refractivity contribution in [2.24, 2.45) is 0 Å². The molecule has 0 aliphatic heterocycles. The molecule has 7 nitrogen and oxygen atoms in total. The zero-order valence-electron chi connectivity index (χ0n) is 15.6. The highest BCUT2D eigenvalue weighted by atomic mass is 32.2. The van der Waals surface area contributed by atoms with Gasteiger partial charge in [-0.2, -0.15) is 0 Å². The Morgan fingerprint density at radius 1 is 1.07 bits per heavy atom. The first kappa shape index (κ1) is 19.8. The minimum Gasteiger partial charge on any atom is -0.421 e. The van der Waals surface area contributed by atoms with Crippen LogP contribution in [0.1, 0.15) is 30.8 Å². The summed E-state index contributed by atoms with van der Waals surface area (Å²) in [6.07, 6.45) is 1.71. The number of carbonyl (C=O) groups is 1. The molecule has 1 aromatic heterocycles. The SMILES string of the molecule is C[C@H](NC(=O)CCc1nnc(-c2ccccc2)o1)c1ccc(S(C)(=O)=O)cc1. The number of sulfone groups is 1. The van der Waals surface area contributed by atoms with Crippen LogP contribution in [0.3, 0.4) is 0 Å². The van der Waals surface area contributed by atoms with Crippen molar-refractivity contribution >= 4 is 15.7 Å². The normalized spacial score (nSPS) is 12.5. The number of nitrogens with zero attached hydrogens (tertiary/aromatic N) is 2. The number of aromatic nitrogens is 2. The fraction of sp³-hybridized carbons (Fsp3) is 0.250. The highest BCUT2D eigenvalue weighted by molar-refractivity contribution is 7.90. The molecule has 2 aromatic carbocycles. The summed E-state index contributed by atoms with van der Waals surface area (Å²) in [6.45, 7) is 1.84. The summed E-state index contributed by atoms with van der Waals surface area (Å²) >= 11 is 0. The number of hydrogen-bond acceptors (Lipinski definition) is 6. The summed E-state index contributed by atoms with van der Waals surface area (Å²) in [4.78, 5) is 12.5. The van der Waals surface area contributed by atoms with Crippen LogP contribution >= 0.6 is 0 Å². The highest BCUT2D eigenvalue weighted by Gasteiger charge is 2.14. The molecular formula is C20H21N3O4S. The van der Waals surface area contributed by atoms with E-state index in [1.54, 1.807) is 12.1 Å². The van der Waals surface area contributed by atoms with Crippen molar-refractivity contribution in [2.45, 2.75) is 30.7 Å². The molecule has 0 aliphatic rings. The van der Waals surface area contributed by atoms with Crippen molar-refractivity contribution < 1.29 is 17.6 Å². The highest BCUT2D eigenvalue weighted by Crippen LogP contribution is 2.18. The van der Waals surface area contributed by atoms with Crippen molar-refractivity contribution in [3.63, 3.8) is 0 Å². The monoisotopic (exact) mass is 399 g/mol. The van der Waals surface area contributed by atoms with Gasteiger partial charge in [-0.3, -0.25) is 4.79 Å². The van der Waals surface area contributed by atoms with Gasteiger partial charge in [0.25, 0.3) is 0 Å². The van der Waals surface area contributed by atoms with Crippen LogP contribution < -0.4 is 5.32 Å². The lowest BCUT2D eigenvalue weighted by Gasteiger charge is -2.14. The average molecular weight is 399 g/mol. The minimum atomic E-state index is -3.24. The maximum atomic E-state index is 12.2. The van der Waals surface area contributed by atoms with Gasteiger partial charge in [0.05, 0.1) is 10.9 Å². The first-order valence-corrected chi connectivity index (χ1v) is 10.7. The summed E-state index contributed by atoms with van der Waals surface area (Å²) in [5.41, 5.74) is 1.65. The van der Waals surface area contributed by atoms with Gasteiger partial charge in [-0.05, 0) is 36.8 Å². The zero-order chi connectivity index (χ0) is 20.1. The molecule has 8 heteroatoms. The predicted molar refractivity (Wildman–Crippen MR) is 104 cm³/mol. The van der Waals surface area contributed by atoms with E-state index in [-0.39, 0.29) is 23.3 Å². The van der Waals surface area contributed by atoms with E-state index in [9.17, 15) is 13.2 Å². The number of amides is 1. The minimum absolute atomic E-state index is 0.154. The molecule has 28 heavy (non-hydrogen) atoms. The van der Waals surface area contributed by atoms with Gasteiger partial charge in [0.1, 0.15) is 0 Å². The summed E-state index contributed by atoms with van der Waals surface area (Å²) < 4.78 is 28.6. The van der Waals surface area contributed by atoms with E-state index in [4.69, 9.17) is 4.42 Å². The molecule has 146 valence electrons. The quantitative estimate of drug-likeness (QED) is 0.655. The predicted octanol–water partition coefficient (Wildman–Crippen LogP) is 2.95. The van der Waals surface area contributed by atoms with Crippen molar-refractivity contribution in [3.05, 3.63) is 66.1 Å². The zero-order valence-corrected chi connectivity index (χ0v) is 16.4. The Bertz CT molecular complexity index is 1040. The lowest BCUT2D eigenvalue weighted by molar-refractivity contribution is -0.121. The third-order valence-corrected chi connectivity index (χ3v) is 5.37. The Labute approximate surface area is 163 Å². The Kier molecular flexibility index (Phi) is 5.89. The molecule has 0 spiro atoms. The lowest BCUT2D eigenvalue weighted by Crippen LogP contribution is -2.26. The number of carbonyl (C=O) groups excluding carboxylic acids is 1. The van der Waals surface area contributed by atoms with E-state index in [1.165, 1.54) is 12.1 Å². The second-order valence-corrected chi connectivity index (χ2v) is 8.51. The Morgan fingerprint density at radius 2 is 1.75 bits per heavy atom. The van der Waals surface area contributed by atoms with Crippen molar-refractivity contribution in [2.75, 3.05) is 6.26 Å². The van der Waals surface area contributed by atoms with Gasteiger partial charge in [-0.1, -0.05) is 30.3 Å². The van der Waals surface area contributed by atoms with Gasteiger partial charge in [-0.15, -0.1) is 10.2 Å². The summed E-state index contributed by atoms with van der Waals surface area (Å²) in [7, 11) is -3.24. The van der Waals surface area contributed by atoms with Gasteiger partial charge in [0, 0.05) is 24.7 Å². The number of hydrogen-bond donors (Lipinski definition) is 1. The van der Waals surface area contributed by atoms with E-state index < -0.39 is 9.84 Å². The summed E-state index contributed by atoms with van der Waals surface area (Å²) in [6, 6.07) is 15.7. The number of nitrogens with one attached hydrogen (secondary N) is 1. The van der Waals surface area contributed by atoms with Crippen molar-refractivity contribution in [3.8, 4) is 11.5 Å². The van der Waals surface area contributed by atoms with E-state index in [0.29, 0.717) is 18.2 Å². The molecule has 0 radical (unpaired) electrons. The van der Waals surface area contributed by atoms with Gasteiger partial charge < -0.3 is 9.73 Å². The van der Waals surface area contributed by atoms with Gasteiger partial charge in [-0.25, -0.2) is 8.42 Å². The average Bonchev–Trinajstić information content (AvgIpc) is 3.15. The molecule has 3 rings (SSSR count). The van der Waals surface area contributed by atoms with Crippen molar-refractivity contribution in [1.29, 1.82) is 0 Å². The molecule has 1 amide bonds. The number of benzene rings is 2. The van der Waals surface area contributed by atoms with Crippen molar-refractivity contribution in [1.82, 2.24) is 15.5 Å². The van der Waals surface area contributed by atoms with E-state index in [2.05, 4.69) is 15.5 Å². The molecule has 0 saturated heterocycles. The van der Waals surface area contributed by atoms with Crippen LogP contribution in [0.4, 0.5) is 0 Å². The largest absolute Gasteiger partial charge is 0.421 e. The van der Waals surface area contributed by atoms with Crippen LogP contribution in [0.25, 0.3) is 11.5 Å². The van der Waals surface area contributed by atoms with Crippen LogP contribution in [-0.4, -0.2) is 30.8 Å². The first-order valence-electron chi connectivity index (χ1n) is 8.80. The van der Waals surface area contributed by atoms with Gasteiger partial charge in [0.2, 0.25) is 17.7 Å². The first-order chi connectivity index (χ1) is 13.3. The molecule has 0 fully saturated rings. The van der Waals surface area contributed by atoms with E-state index in [0.717, 1.165) is 17.4 Å². The second kappa shape index (κ2) is 8.35. The molecule has 0 bridgehead atoms. The van der Waals surface area contributed by atoms with Crippen LogP contribution in [0.5, 0.6) is 0 Å². The second-order valence-electron chi connectivity index (χ2n) is 6.50. The fourth-order valence-electron chi connectivity index (χ4n) is 2.67. The molecule has 0 unspecified atom stereocenters. The molecule has 0 aliphatic carbocycles. The van der Waals surface area contributed by atoms with Crippen LogP contribution in [0, 0.1) is 0 Å². The third kappa shape index (κ3) is 5.04. The third-order valence-electron chi connectivity index (χ3n) is 4.24. The topological polar surface area (TPSA) is 102 Å². The Hall–Kier alpha value is -3.00. The standard InChI is InChI=1S/C20H21N3O4S/c1-14(15-8-10-17(11-9-15)28(2,25)26)21-18(24)12-13-19-22-23-20(27-19)16-6-4-3-5-7-16/h3-11,14H,12-13H2,1-2H3,(H,21,24)/t14-/m0/s1. The molecule has 0 saturated carbocycles. The maximum Gasteiger partial charge on any atom is 0.247 e. The van der Waals surface area contributed by atoms with Crippen LogP contribution in [-0.2, 0) is 21.1 Å². The summed E-state index contributed by atoms with van der Waals surface area (Å²) in [5, 5.41) is 10.9. The smallest absolute Gasteiger partial charge is 0.247 e. The van der Waals surface area contributed by atoms with E-state index >= 15 is 0 Å². The van der Waals surface area contributed by atoms with E-state index in [1.807, 2.05) is 37.3 Å². The number of aryl methyl sites for hydroxylation is 1. The van der Waals surface area contributed by atoms with Gasteiger partial charge in [0.15, 0.2) is 9.84 Å². The molecule has 3 aromatic rings. The Balaban J connectivity index is 1.54. The van der Waals surface area contributed by atoms with Crippen LogP contribution in [0.15, 0.2) is 63.9 Å². The Morgan fingerprint density at radius 3 is 2.39 bits per heavy atom. The summed E-state index contributed by atoms with van der Waals surface area (Å²) in [5.74, 6) is 0.675. The molecular weight excluding hydrogens is 378 g/mol. The van der Waals surface area contributed by atoms with Gasteiger partial charge >= 0.3 is 0 Å². The number of rotatable bonds is 7. The molecule has 1 N–H and O–H groups in total. The molecule has 1 heterocycles.